The Labute approximate surface area is 138 Å². The van der Waals surface area contributed by atoms with E-state index in [1.807, 2.05) is 13.8 Å². The van der Waals surface area contributed by atoms with Gasteiger partial charge in [0.25, 0.3) is 11.7 Å². The quantitative estimate of drug-likeness (QED) is 0.802. The minimum atomic E-state index is -2.61. The van der Waals surface area contributed by atoms with Gasteiger partial charge >= 0.3 is 0 Å². The molecule has 1 aliphatic rings. The number of pyridine rings is 1. The standard InChI is InChI=1S/C15H21F2N3O2S/c1-15(2,20-6-8-22-9-7-20)10-19-12(21)11-4-3-5-18-13(11)23-14(16)17/h3-5,14H,6-10H2,1-2H3,(H,19,21). The molecular formula is C15H21F2N3O2S. The molecule has 5 nitrogen and oxygen atoms in total. The molecule has 128 valence electrons. The highest BCUT2D eigenvalue weighted by Gasteiger charge is 2.29. The van der Waals surface area contributed by atoms with E-state index in [4.69, 9.17) is 4.74 Å². The number of hydrogen-bond donors (Lipinski definition) is 1. The van der Waals surface area contributed by atoms with E-state index in [-0.39, 0.29) is 33.8 Å². The molecule has 0 radical (unpaired) electrons. The van der Waals surface area contributed by atoms with Gasteiger partial charge in [-0.15, -0.1) is 0 Å². The smallest absolute Gasteiger partial charge is 0.290 e. The highest BCUT2D eigenvalue weighted by atomic mass is 32.2. The molecule has 0 saturated carbocycles. The SMILES string of the molecule is CC(C)(CNC(=O)c1cccnc1SC(F)F)N1CCOCC1. The van der Waals surface area contributed by atoms with E-state index in [0.29, 0.717) is 19.8 Å². The number of halogens is 2. The highest BCUT2D eigenvalue weighted by Crippen LogP contribution is 2.26. The van der Waals surface area contributed by atoms with Gasteiger partial charge in [0.15, 0.2) is 0 Å². The number of rotatable bonds is 6. The fourth-order valence-corrected chi connectivity index (χ4v) is 2.99. The number of morpholine rings is 1. The molecule has 1 aromatic heterocycles. The number of hydrogen-bond acceptors (Lipinski definition) is 5. The maximum absolute atomic E-state index is 12.6. The Morgan fingerprint density at radius 1 is 1.48 bits per heavy atom. The number of amides is 1. The van der Waals surface area contributed by atoms with Crippen LogP contribution < -0.4 is 5.32 Å². The summed E-state index contributed by atoms with van der Waals surface area (Å²) in [5.74, 6) is -3.00. The number of carbonyl (C=O) groups is 1. The second kappa shape index (κ2) is 8.03. The lowest BCUT2D eigenvalue weighted by Crippen LogP contribution is -2.55. The number of alkyl halides is 2. The van der Waals surface area contributed by atoms with Crippen LogP contribution in [0.1, 0.15) is 24.2 Å². The van der Waals surface area contributed by atoms with E-state index in [0.717, 1.165) is 13.1 Å². The third-order valence-electron chi connectivity index (χ3n) is 3.77. The largest absolute Gasteiger partial charge is 0.379 e. The first-order chi connectivity index (χ1) is 10.9. The number of aromatic nitrogens is 1. The molecule has 0 bridgehead atoms. The monoisotopic (exact) mass is 345 g/mol. The zero-order valence-electron chi connectivity index (χ0n) is 13.2. The molecule has 1 N–H and O–H groups in total. The first-order valence-corrected chi connectivity index (χ1v) is 8.29. The van der Waals surface area contributed by atoms with Crippen LogP contribution in [0.3, 0.4) is 0 Å². The predicted octanol–water partition coefficient (Wildman–Crippen LogP) is 2.24. The highest BCUT2D eigenvalue weighted by molar-refractivity contribution is 7.99. The normalized spacial score (nSPS) is 16.6. The summed E-state index contributed by atoms with van der Waals surface area (Å²) in [6.45, 7) is 7.46. The molecule has 1 aliphatic heterocycles. The minimum absolute atomic E-state index is 0.0455. The van der Waals surface area contributed by atoms with Crippen molar-refractivity contribution >= 4 is 17.7 Å². The summed E-state index contributed by atoms with van der Waals surface area (Å²) in [4.78, 5) is 18.4. The number of thioether (sulfide) groups is 1. The average Bonchev–Trinajstić information content (AvgIpc) is 2.53. The molecule has 2 rings (SSSR count). The van der Waals surface area contributed by atoms with Crippen LogP contribution in [-0.4, -0.2) is 59.9 Å². The van der Waals surface area contributed by atoms with Crippen molar-refractivity contribution in [2.45, 2.75) is 30.2 Å². The van der Waals surface area contributed by atoms with Crippen molar-refractivity contribution in [3.63, 3.8) is 0 Å². The Morgan fingerprint density at radius 3 is 2.83 bits per heavy atom. The molecule has 8 heteroatoms. The minimum Gasteiger partial charge on any atom is -0.379 e. The first-order valence-electron chi connectivity index (χ1n) is 7.41. The zero-order chi connectivity index (χ0) is 16.9. The number of carbonyl (C=O) groups excluding carboxylic acids is 1. The molecule has 1 aromatic rings. The van der Waals surface area contributed by atoms with Crippen molar-refractivity contribution in [1.29, 1.82) is 0 Å². The summed E-state index contributed by atoms with van der Waals surface area (Å²) in [6.07, 6.45) is 1.40. The van der Waals surface area contributed by atoms with Crippen LogP contribution in [0, 0.1) is 0 Å². The van der Waals surface area contributed by atoms with E-state index in [1.165, 1.54) is 12.3 Å². The van der Waals surface area contributed by atoms with Gasteiger partial charge in [0.2, 0.25) is 0 Å². The van der Waals surface area contributed by atoms with Gasteiger partial charge in [-0.1, -0.05) is 0 Å². The van der Waals surface area contributed by atoms with Crippen LogP contribution in [0.5, 0.6) is 0 Å². The topological polar surface area (TPSA) is 54.5 Å². The summed E-state index contributed by atoms with van der Waals surface area (Å²) in [5, 5.41) is 2.88. The van der Waals surface area contributed by atoms with Gasteiger partial charge in [-0.3, -0.25) is 9.69 Å². The molecule has 0 spiro atoms. The lowest BCUT2D eigenvalue weighted by molar-refractivity contribution is -0.00924. The molecule has 1 fully saturated rings. The molecule has 0 unspecified atom stereocenters. The summed E-state index contributed by atoms with van der Waals surface area (Å²) in [6, 6.07) is 3.08. The average molecular weight is 345 g/mol. The van der Waals surface area contributed by atoms with Gasteiger partial charge in [-0.2, -0.15) is 8.78 Å². The Morgan fingerprint density at radius 2 is 2.17 bits per heavy atom. The second-order valence-electron chi connectivity index (χ2n) is 5.83. The maximum atomic E-state index is 12.6. The summed E-state index contributed by atoms with van der Waals surface area (Å²) in [5.41, 5.74) is -0.0620. The molecular weight excluding hydrogens is 324 g/mol. The van der Waals surface area contributed by atoms with E-state index in [2.05, 4.69) is 15.2 Å². The summed E-state index contributed by atoms with van der Waals surface area (Å²) in [7, 11) is 0. The second-order valence-corrected chi connectivity index (χ2v) is 6.81. The van der Waals surface area contributed by atoms with E-state index >= 15 is 0 Å². The Bertz CT molecular complexity index is 537. The van der Waals surface area contributed by atoms with Crippen LogP contribution >= 0.6 is 11.8 Å². The fraction of sp³-hybridized carbons (Fsp3) is 0.600. The molecule has 1 saturated heterocycles. The van der Waals surface area contributed by atoms with Crippen LogP contribution in [0.25, 0.3) is 0 Å². The number of nitrogens with one attached hydrogen (secondary N) is 1. The van der Waals surface area contributed by atoms with Crippen molar-refractivity contribution in [1.82, 2.24) is 15.2 Å². The van der Waals surface area contributed by atoms with E-state index in [9.17, 15) is 13.6 Å². The third kappa shape index (κ3) is 5.12. The van der Waals surface area contributed by atoms with Gasteiger partial charge < -0.3 is 10.1 Å². The summed E-state index contributed by atoms with van der Waals surface area (Å²) < 4.78 is 30.4. The maximum Gasteiger partial charge on any atom is 0.290 e. The Balaban J connectivity index is 1.99. The van der Waals surface area contributed by atoms with Gasteiger partial charge in [-0.05, 0) is 37.7 Å². The van der Waals surface area contributed by atoms with Gasteiger partial charge in [0, 0.05) is 31.4 Å². The number of ether oxygens (including phenoxy) is 1. The summed E-state index contributed by atoms with van der Waals surface area (Å²) >= 11 is 0.283. The van der Waals surface area contributed by atoms with Crippen molar-refractivity contribution in [2.24, 2.45) is 0 Å². The Hall–Kier alpha value is -1.25. The van der Waals surface area contributed by atoms with Gasteiger partial charge in [-0.25, -0.2) is 4.98 Å². The number of nitrogens with zero attached hydrogens (tertiary/aromatic N) is 2. The first kappa shape index (κ1) is 18.1. The zero-order valence-corrected chi connectivity index (χ0v) is 14.0. The van der Waals surface area contributed by atoms with Crippen LogP contribution in [0.2, 0.25) is 0 Å². The molecule has 0 aromatic carbocycles. The fourth-order valence-electron chi connectivity index (χ4n) is 2.41. The van der Waals surface area contributed by atoms with Crippen LogP contribution in [0.15, 0.2) is 23.4 Å². The van der Waals surface area contributed by atoms with Crippen molar-refractivity contribution < 1.29 is 18.3 Å². The van der Waals surface area contributed by atoms with E-state index < -0.39 is 5.76 Å². The molecule has 1 amide bonds. The molecule has 0 aliphatic carbocycles. The van der Waals surface area contributed by atoms with Crippen molar-refractivity contribution in [3.05, 3.63) is 23.9 Å². The van der Waals surface area contributed by atoms with Crippen molar-refractivity contribution in [3.8, 4) is 0 Å². The van der Waals surface area contributed by atoms with Crippen LogP contribution in [0.4, 0.5) is 8.78 Å². The molecule has 2 heterocycles. The van der Waals surface area contributed by atoms with Gasteiger partial charge in [0.1, 0.15) is 5.03 Å². The third-order valence-corrected chi connectivity index (χ3v) is 4.49. The molecule has 0 atom stereocenters. The Kier molecular flexibility index (Phi) is 6.32. The van der Waals surface area contributed by atoms with Crippen LogP contribution in [-0.2, 0) is 4.74 Å². The lowest BCUT2D eigenvalue weighted by atomic mass is 10.0. The molecule has 23 heavy (non-hydrogen) atoms. The van der Waals surface area contributed by atoms with Gasteiger partial charge in [0.05, 0.1) is 18.8 Å². The lowest BCUT2D eigenvalue weighted by Gasteiger charge is -2.40. The van der Waals surface area contributed by atoms with Crippen molar-refractivity contribution in [2.75, 3.05) is 32.8 Å². The predicted molar refractivity (Wildman–Crippen MR) is 84.9 cm³/mol. The van der Waals surface area contributed by atoms with E-state index in [1.54, 1.807) is 6.07 Å².